The minimum atomic E-state index is -0.578. The van der Waals surface area contributed by atoms with E-state index < -0.39 is 5.91 Å². The van der Waals surface area contributed by atoms with Crippen LogP contribution in [0.5, 0.6) is 5.75 Å². The average molecular weight is 339 g/mol. The van der Waals surface area contributed by atoms with Gasteiger partial charge in [-0.3, -0.25) is 4.79 Å². The topological polar surface area (TPSA) is 78.3 Å². The predicted octanol–water partition coefficient (Wildman–Crippen LogP) is 2.40. The van der Waals surface area contributed by atoms with E-state index in [1.165, 1.54) is 12.1 Å². The van der Waals surface area contributed by atoms with Gasteiger partial charge in [-0.05, 0) is 42.3 Å². The maximum Gasteiger partial charge on any atom is 0.255 e. The van der Waals surface area contributed by atoms with Crippen LogP contribution in [0.4, 0.5) is 4.39 Å². The van der Waals surface area contributed by atoms with Gasteiger partial charge in [0.25, 0.3) is 5.91 Å². The lowest BCUT2D eigenvalue weighted by Gasteiger charge is -2.17. The van der Waals surface area contributed by atoms with Gasteiger partial charge in [-0.15, -0.1) is 12.4 Å². The van der Waals surface area contributed by atoms with Gasteiger partial charge >= 0.3 is 0 Å². The van der Waals surface area contributed by atoms with Crippen LogP contribution in [0.25, 0.3) is 0 Å². The molecule has 23 heavy (non-hydrogen) atoms. The van der Waals surface area contributed by atoms with Crippen LogP contribution >= 0.6 is 12.4 Å². The zero-order valence-electron chi connectivity index (χ0n) is 12.6. The molecule has 6 heteroatoms. The number of halogens is 2. The molecule has 1 atom stereocenters. The molecule has 0 radical (unpaired) electrons. The number of benzene rings is 2. The first-order valence-corrected chi connectivity index (χ1v) is 7.04. The number of nitrogens with two attached hydrogens (primary N) is 2. The summed E-state index contributed by atoms with van der Waals surface area (Å²) in [5, 5.41) is 0. The molecule has 0 aliphatic carbocycles. The summed E-state index contributed by atoms with van der Waals surface area (Å²) in [5.41, 5.74) is 12.4. The van der Waals surface area contributed by atoms with E-state index in [0.717, 1.165) is 5.56 Å². The summed E-state index contributed by atoms with van der Waals surface area (Å²) in [4.78, 5) is 10.8. The number of carbonyl (C=O) groups is 1. The van der Waals surface area contributed by atoms with Crippen molar-refractivity contribution in [3.05, 3.63) is 65.5 Å². The van der Waals surface area contributed by atoms with Crippen molar-refractivity contribution in [3.63, 3.8) is 0 Å². The smallest absolute Gasteiger partial charge is 0.255 e. The predicted molar refractivity (Wildman–Crippen MR) is 90.3 cm³/mol. The summed E-state index contributed by atoms with van der Waals surface area (Å²) in [6.07, 6.45) is 0.632. The first kappa shape index (κ1) is 18.9. The number of carbonyl (C=O) groups excluding carboxylic acids is 1. The van der Waals surface area contributed by atoms with Gasteiger partial charge in [0.15, 0.2) is 6.61 Å². The van der Waals surface area contributed by atoms with Crippen LogP contribution in [0.2, 0.25) is 0 Å². The van der Waals surface area contributed by atoms with E-state index in [9.17, 15) is 9.18 Å². The van der Waals surface area contributed by atoms with Gasteiger partial charge in [0, 0.05) is 5.92 Å². The van der Waals surface area contributed by atoms with Crippen LogP contribution < -0.4 is 16.2 Å². The van der Waals surface area contributed by atoms with Gasteiger partial charge in [-0.25, -0.2) is 4.39 Å². The van der Waals surface area contributed by atoms with Crippen molar-refractivity contribution in [1.82, 2.24) is 0 Å². The van der Waals surface area contributed by atoms with Crippen molar-refractivity contribution in [2.24, 2.45) is 11.5 Å². The zero-order chi connectivity index (χ0) is 15.9. The van der Waals surface area contributed by atoms with Gasteiger partial charge in [-0.2, -0.15) is 0 Å². The summed E-state index contributed by atoms with van der Waals surface area (Å²) >= 11 is 0. The molecule has 2 aromatic carbocycles. The lowest BCUT2D eigenvalue weighted by atomic mass is 9.91. The van der Waals surface area contributed by atoms with Gasteiger partial charge in [0.1, 0.15) is 11.6 Å². The van der Waals surface area contributed by atoms with Crippen LogP contribution in [0.15, 0.2) is 48.5 Å². The number of hydrogen-bond donors (Lipinski definition) is 2. The Morgan fingerprint density at radius 2 is 1.87 bits per heavy atom. The molecule has 4 N–H and O–H groups in total. The molecule has 0 spiro atoms. The maximum atomic E-state index is 14.1. The first-order chi connectivity index (χ1) is 10.6. The van der Waals surface area contributed by atoms with Crippen molar-refractivity contribution in [2.75, 3.05) is 13.2 Å². The molecule has 0 fully saturated rings. The van der Waals surface area contributed by atoms with E-state index in [-0.39, 0.29) is 30.7 Å². The molecule has 0 saturated heterocycles. The second-order valence-electron chi connectivity index (χ2n) is 5.06. The molecule has 0 saturated carbocycles. The average Bonchev–Trinajstić information content (AvgIpc) is 2.53. The fourth-order valence-corrected chi connectivity index (χ4v) is 2.30. The van der Waals surface area contributed by atoms with Gasteiger partial charge in [0.05, 0.1) is 0 Å². The Bertz CT molecular complexity index is 638. The summed E-state index contributed by atoms with van der Waals surface area (Å²) in [6, 6.07) is 14.1. The minimum absolute atomic E-state index is 0. The number of rotatable bonds is 7. The second-order valence-corrected chi connectivity index (χ2v) is 5.06. The first-order valence-electron chi connectivity index (χ1n) is 7.04. The Balaban J connectivity index is 0.00000264. The van der Waals surface area contributed by atoms with Crippen LogP contribution in [0.1, 0.15) is 17.0 Å². The number of hydrogen-bond acceptors (Lipinski definition) is 3. The highest BCUT2D eigenvalue weighted by molar-refractivity contribution is 5.85. The van der Waals surface area contributed by atoms with Crippen molar-refractivity contribution >= 4 is 18.3 Å². The summed E-state index contributed by atoms with van der Waals surface area (Å²) in [7, 11) is 0. The number of ether oxygens (including phenoxy) is 1. The molecule has 2 rings (SSSR count). The van der Waals surface area contributed by atoms with E-state index in [4.69, 9.17) is 16.2 Å². The number of amides is 1. The highest BCUT2D eigenvalue weighted by Gasteiger charge is 2.16. The minimum Gasteiger partial charge on any atom is -0.484 e. The van der Waals surface area contributed by atoms with Crippen molar-refractivity contribution in [3.8, 4) is 5.75 Å². The molecular formula is C17H20ClFN2O2. The SMILES string of the molecule is Cl.NCC(Cc1ccccc1)c1cc(OCC(N)=O)ccc1F. The molecule has 2 aromatic rings. The maximum absolute atomic E-state index is 14.1. The molecule has 4 nitrogen and oxygen atoms in total. The largest absolute Gasteiger partial charge is 0.484 e. The molecule has 0 aromatic heterocycles. The Hall–Kier alpha value is -2.11. The monoisotopic (exact) mass is 338 g/mol. The Morgan fingerprint density at radius 3 is 2.48 bits per heavy atom. The van der Waals surface area contributed by atoms with Crippen molar-refractivity contribution in [1.29, 1.82) is 0 Å². The van der Waals surface area contributed by atoms with Gasteiger partial charge in [0.2, 0.25) is 0 Å². The van der Waals surface area contributed by atoms with E-state index in [2.05, 4.69) is 0 Å². The fraction of sp³-hybridized carbons (Fsp3) is 0.235. The molecule has 0 aliphatic rings. The summed E-state index contributed by atoms with van der Waals surface area (Å²) in [5.74, 6) is -0.676. The summed E-state index contributed by atoms with van der Waals surface area (Å²) < 4.78 is 19.3. The lowest BCUT2D eigenvalue weighted by Crippen LogP contribution is -2.20. The Kier molecular flexibility index (Phi) is 7.51. The van der Waals surface area contributed by atoms with Gasteiger partial charge < -0.3 is 16.2 Å². The van der Waals surface area contributed by atoms with E-state index in [0.29, 0.717) is 24.3 Å². The standard InChI is InChI=1S/C17H19FN2O2.ClH/c18-16-7-6-14(22-11-17(20)21)9-15(16)13(10-19)8-12-4-2-1-3-5-12;/h1-7,9,13H,8,10-11,19H2,(H2,20,21);1H. The van der Waals surface area contributed by atoms with Crippen LogP contribution in [0, 0.1) is 5.82 Å². The van der Waals surface area contributed by atoms with E-state index in [1.54, 1.807) is 6.07 Å². The third-order valence-electron chi connectivity index (χ3n) is 3.40. The number of primary amides is 1. The van der Waals surface area contributed by atoms with Gasteiger partial charge in [-0.1, -0.05) is 30.3 Å². The lowest BCUT2D eigenvalue weighted by molar-refractivity contribution is -0.119. The van der Waals surface area contributed by atoms with E-state index >= 15 is 0 Å². The summed E-state index contributed by atoms with van der Waals surface area (Å²) in [6.45, 7) is 0.0716. The molecule has 0 bridgehead atoms. The highest BCUT2D eigenvalue weighted by atomic mass is 35.5. The third-order valence-corrected chi connectivity index (χ3v) is 3.40. The Labute approximate surface area is 141 Å². The van der Waals surface area contributed by atoms with Crippen LogP contribution in [-0.4, -0.2) is 19.1 Å². The second kappa shape index (κ2) is 9.12. The molecule has 124 valence electrons. The normalized spacial score (nSPS) is 11.4. The fourth-order valence-electron chi connectivity index (χ4n) is 2.30. The molecule has 1 amide bonds. The molecule has 1 unspecified atom stereocenters. The molecular weight excluding hydrogens is 319 g/mol. The van der Waals surface area contributed by atoms with E-state index in [1.807, 2.05) is 30.3 Å². The quantitative estimate of drug-likeness (QED) is 0.813. The van der Waals surface area contributed by atoms with Crippen molar-refractivity contribution < 1.29 is 13.9 Å². The highest BCUT2D eigenvalue weighted by Crippen LogP contribution is 2.26. The third kappa shape index (κ3) is 5.54. The Morgan fingerprint density at radius 1 is 1.17 bits per heavy atom. The van der Waals surface area contributed by atoms with Crippen molar-refractivity contribution in [2.45, 2.75) is 12.3 Å². The molecule has 0 heterocycles. The van der Waals surface area contributed by atoms with Crippen LogP contribution in [-0.2, 0) is 11.2 Å². The zero-order valence-corrected chi connectivity index (χ0v) is 13.4. The molecule has 0 aliphatic heterocycles. The van der Waals surface area contributed by atoms with Crippen LogP contribution in [0.3, 0.4) is 0 Å².